The first-order chi connectivity index (χ1) is 24.6. The van der Waals surface area contributed by atoms with Crippen LogP contribution in [0.5, 0.6) is 11.5 Å². The SMILES string of the molecule is Cc1ccccc1C1c2ccccc2C(C)c2c(CC(C)(C)C)c3c(c(CCc4cc(O)ccc4O)c21)C1c2ccccc2C3c2ccccc21. The van der Waals surface area contributed by atoms with Gasteiger partial charge < -0.3 is 10.2 Å². The minimum Gasteiger partial charge on any atom is -0.508 e. The first-order valence-electron chi connectivity index (χ1n) is 18.7. The molecule has 10 rings (SSSR count). The molecule has 0 aliphatic heterocycles. The minimum absolute atomic E-state index is 0.0704. The second-order valence-corrected chi connectivity index (χ2v) is 16.4. The summed E-state index contributed by atoms with van der Waals surface area (Å²) in [5.74, 6) is 1.02. The lowest BCUT2D eigenvalue weighted by atomic mass is 9.55. The smallest absolute Gasteiger partial charge is 0.119 e. The molecule has 0 fully saturated rings. The molecule has 2 bridgehead atoms. The Morgan fingerprint density at radius 3 is 1.51 bits per heavy atom. The molecule has 0 saturated heterocycles. The van der Waals surface area contributed by atoms with Crippen molar-refractivity contribution in [3.8, 4) is 11.5 Å². The van der Waals surface area contributed by atoms with Crippen LogP contribution in [-0.4, -0.2) is 10.2 Å². The van der Waals surface area contributed by atoms with Gasteiger partial charge in [0.25, 0.3) is 0 Å². The zero-order valence-electron chi connectivity index (χ0n) is 30.3. The lowest BCUT2D eigenvalue weighted by Gasteiger charge is -2.48. The monoisotopic (exact) mass is 666 g/mol. The molecule has 0 heterocycles. The molecule has 0 saturated carbocycles. The van der Waals surface area contributed by atoms with Gasteiger partial charge in [0.05, 0.1) is 0 Å². The Bertz CT molecular complexity index is 2310. The fourth-order valence-electron chi connectivity index (χ4n) is 10.2. The molecule has 2 N–H and O–H groups in total. The molecule has 254 valence electrons. The van der Waals surface area contributed by atoms with Crippen LogP contribution in [0.15, 0.2) is 115 Å². The van der Waals surface area contributed by atoms with Crippen molar-refractivity contribution >= 4 is 0 Å². The van der Waals surface area contributed by atoms with Crippen LogP contribution in [0.4, 0.5) is 0 Å². The molecular formula is C49H46O2. The summed E-state index contributed by atoms with van der Waals surface area (Å²) in [4.78, 5) is 0. The van der Waals surface area contributed by atoms with E-state index in [2.05, 4.69) is 132 Å². The van der Waals surface area contributed by atoms with Crippen molar-refractivity contribution in [3.05, 3.63) is 199 Å². The number of aromatic hydroxyl groups is 2. The third-order valence-corrected chi connectivity index (χ3v) is 12.1. The summed E-state index contributed by atoms with van der Waals surface area (Å²) < 4.78 is 0. The number of phenols is 2. The van der Waals surface area contributed by atoms with Gasteiger partial charge in [-0.1, -0.05) is 125 Å². The Kier molecular flexibility index (Phi) is 7.33. The number of hydrogen-bond donors (Lipinski definition) is 2. The van der Waals surface area contributed by atoms with Crippen LogP contribution < -0.4 is 0 Å². The van der Waals surface area contributed by atoms with Crippen molar-refractivity contribution in [2.24, 2.45) is 5.41 Å². The van der Waals surface area contributed by atoms with E-state index in [1.54, 1.807) is 18.2 Å². The summed E-state index contributed by atoms with van der Waals surface area (Å²) in [7, 11) is 0. The highest BCUT2D eigenvalue weighted by molar-refractivity contribution is 5.76. The lowest BCUT2D eigenvalue weighted by molar-refractivity contribution is 0.406. The Labute approximate surface area is 302 Å². The van der Waals surface area contributed by atoms with Crippen molar-refractivity contribution in [1.82, 2.24) is 0 Å². The van der Waals surface area contributed by atoms with Gasteiger partial charge in [-0.2, -0.15) is 0 Å². The fraction of sp³-hybridized carbons (Fsp3) is 0.265. The van der Waals surface area contributed by atoms with Crippen molar-refractivity contribution in [2.75, 3.05) is 0 Å². The minimum atomic E-state index is 0.0704. The van der Waals surface area contributed by atoms with Gasteiger partial charge in [-0.15, -0.1) is 0 Å². The highest BCUT2D eigenvalue weighted by Crippen LogP contribution is 2.62. The summed E-state index contributed by atoms with van der Waals surface area (Å²) in [5, 5.41) is 21.6. The first-order valence-corrected chi connectivity index (χ1v) is 18.7. The largest absolute Gasteiger partial charge is 0.508 e. The Hall–Kier alpha value is -5.08. The third-order valence-electron chi connectivity index (χ3n) is 12.1. The summed E-state index contributed by atoms with van der Waals surface area (Å²) >= 11 is 0. The van der Waals surface area contributed by atoms with Crippen LogP contribution in [0.25, 0.3) is 0 Å². The molecule has 2 nitrogen and oxygen atoms in total. The quantitative estimate of drug-likeness (QED) is 0.180. The van der Waals surface area contributed by atoms with E-state index in [9.17, 15) is 10.2 Å². The van der Waals surface area contributed by atoms with Gasteiger partial charge in [-0.05, 0) is 133 Å². The van der Waals surface area contributed by atoms with Crippen LogP contribution in [0.2, 0.25) is 0 Å². The molecule has 4 aliphatic carbocycles. The zero-order chi connectivity index (χ0) is 35.2. The zero-order valence-corrected chi connectivity index (χ0v) is 30.3. The highest BCUT2D eigenvalue weighted by atomic mass is 16.3. The van der Waals surface area contributed by atoms with E-state index in [1.807, 2.05) is 0 Å². The molecule has 2 heteroatoms. The van der Waals surface area contributed by atoms with Gasteiger partial charge in [0, 0.05) is 23.7 Å². The molecule has 2 atom stereocenters. The molecule has 51 heavy (non-hydrogen) atoms. The Morgan fingerprint density at radius 1 is 0.510 bits per heavy atom. The van der Waals surface area contributed by atoms with Gasteiger partial charge in [-0.3, -0.25) is 0 Å². The van der Waals surface area contributed by atoms with Crippen LogP contribution in [-0.2, 0) is 19.3 Å². The van der Waals surface area contributed by atoms with Gasteiger partial charge >= 0.3 is 0 Å². The summed E-state index contributed by atoms with van der Waals surface area (Å²) in [6.07, 6.45) is 2.39. The molecule has 4 aliphatic rings. The number of fused-ring (bicyclic) bond motifs is 2. The Balaban J connectivity index is 1.44. The van der Waals surface area contributed by atoms with Crippen LogP contribution in [0, 0.1) is 12.3 Å². The number of rotatable bonds is 5. The fourth-order valence-corrected chi connectivity index (χ4v) is 10.2. The predicted molar refractivity (Wildman–Crippen MR) is 208 cm³/mol. The van der Waals surface area contributed by atoms with Gasteiger partial charge in [0.1, 0.15) is 11.5 Å². The van der Waals surface area contributed by atoms with E-state index in [0.717, 1.165) is 18.4 Å². The maximum Gasteiger partial charge on any atom is 0.119 e. The van der Waals surface area contributed by atoms with Crippen molar-refractivity contribution in [1.29, 1.82) is 0 Å². The summed E-state index contributed by atoms with van der Waals surface area (Å²) in [5.41, 5.74) is 21.0. The molecule has 2 unspecified atom stereocenters. The molecule has 0 aromatic heterocycles. The lowest BCUT2D eigenvalue weighted by Crippen LogP contribution is -2.34. The predicted octanol–water partition coefficient (Wildman–Crippen LogP) is 11.4. The second kappa shape index (κ2) is 11.7. The van der Waals surface area contributed by atoms with Crippen LogP contribution in [0.1, 0.15) is 135 Å². The number of hydrogen-bond acceptors (Lipinski definition) is 2. The third kappa shape index (κ3) is 4.90. The topological polar surface area (TPSA) is 40.5 Å². The maximum absolute atomic E-state index is 11.1. The number of phenolic OH excluding ortho intramolecular Hbond substituents is 2. The van der Waals surface area contributed by atoms with Gasteiger partial charge in [0.15, 0.2) is 0 Å². The van der Waals surface area contributed by atoms with Gasteiger partial charge in [0.2, 0.25) is 0 Å². The van der Waals surface area contributed by atoms with E-state index in [1.165, 1.54) is 77.9 Å². The summed E-state index contributed by atoms with van der Waals surface area (Å²) in [6, 6.07) is 41.5. The summed E-state index contributed by atoms with van der Waals surface area (Å²) in [6.45, 7) is 11.9. The van der Waals surface area contributed by atoms with Crippen molar-refractivity contribution in [2.45, 2.75) is 77.6 Å². The molecule has 6 aromatic carbocycles. The van der Waals surface area contributed by atoms with Crippen molar-refractivity contribution in [3.63, 3.8) is 0 Å². The number of aryl methyl sites for hydroxylation is 2. The van der Waals surface area contributed by atoms with E-state index < -0.39 is 0 Å². The molecule has 0 amide bonds. The normalized spacial score (nSPS) is 19.5. The van der Waals surface area contributed by atoms with E-state index in [-0.39, 0.29) is 40.6 Å². The van der Waals surface area contributed by atoms with E-state index >= 15 is 0 Å². The number of benzene rings is 6. The van der Waals surface area contributed by atoms with E-state index in [0.29, 0.717) is 6.42 Å². The van der Waals surface area contributed by atoms with E-state index in [4.69, 9.17) is 0 Å². The molecule has 0 spiro atoms. The Morgan fingerprint density at radius 2 is 0.961 bits per heavy atom. The van der Waals surface area contributed by atoms with Crippen molar-refractivity contribution < 1.29 is 10.2 Å². The second-order valence-electron chi connectivity index (χ2n) is 16.4. The molecular weight excluding hydrogens is 621 g/mol. The van der Waals surface area contributed by atoms with Crippen LogP contribution in [0.3, 0.4) is 0 Å². The van der Waals surface area contributed by atoms with Crippen LogP contribution >= 0.6 is 0 Å². The molecule has 6 aromatic rings. The van der Waals surface area contributed by atoms with Gasteiger partial charge in [-0.25, -0.2) is 0 Å². The molecule has 0 radical (unpaired) electrons. The standard InChI is InChI=1S/C49H46O2/c1-28-14-6-7-15-32(28)43-34-17-9-8-16-33(34)29(2)42-40(27-49(3,4)5)48-45-37-20-12-10-18-35(37)44(36-19-11-13-21-38(36)45)47(48)39(46(42)43)24-22-30-26-31(50)23-25-41(30)51/h6-21,23,25-26,29,43-45,50-51H,22,24,27H2,1-5H3. The maximum atomic E-state index is 11.1. The average molecular weight is 667 g/mol. The average Bonchev–Trinajstić information content (AvgIpc) is 3.12. The first kappa shape index (κ1) is 31.9. The highest BCUT2D eigenvalue weighted by Gasteiger charge is 2.47.